The molecule has 0 saturated heterocycles. The van der Waals surface area contributed by atoms with E-state index in [9.17, 15) is 19.4 Å². The smallest absolute Gasteiger partial charge is 0.268 e. The minimum Gasteiger partial charge on any atom is -0.756 e. The summed E-state index contributed by atoms with van der Waals surface area (Å²) in [5, 5.41) is 14.1. The van der Waals surface area contributed by atoms with Crippen LogP contribution in [0.25, 0.3) is 0 Å². The molecule has 0 aliphatic carbocycles. The fourth-order valence-electron chi connectivity index (χ4n) is 10.9. The van der Waals surface area contributed by atoms with Crippen molar-refractivity contribution < 1.29 is 32.9 Å². The number of nitrogens with zero attached hydrogens (tertiary/aromatic N) is 1. The van der Waals surface area contributed by atoms with Crippen molar-refractivity contribution in [3.8, 4) is 0 Å². The monoisotopic (exact) mass is 1110 g/mol. The molecule has 0 radical (unpaired) electrons. The molecule has 3 atom stereocenters. The Kier molecular flexibility index (Phi) is 59.3. The van der Waals surface area contributed by atoms with Crippen LogP contribution in [0.15, 0.2) is 12.2 Å². The Labute approximate surface area is 482 Å². The van der Waals surface area contributed by atoms with Crippen molar-refractivity contribution in [2.45, 2.75) is 379 Å². The Bertz CT molecular complexity index is 1260. The van der Waals surface area contributed by atoms with Crippen molar-refractivity contribution >= 4 is 13.7 Å². The highest BCUT2D eigenvalue weighted by atomic mass is 31.2. The summed E-state index contributed by atoms with van der Waals surface area (Å²) in [6.07, 6.45) is 75.7. The SMILES string of the molecule is CCCCCCCCCC/C=C\CCCCCCCCCCCCCCCCCCCCCC(=O)NC(COP(=O)([O-])OCC[N+](C)(C)C)C(O)CCCCCCCCCCCCCCCCCCCCCCCCCC. The average Bonchev–Trinajstić information content (AvgIpc) is 3.39. The Morgan fingerprint density at radius 1 is 0.442 bits per heavy atom. The fraction of sp³-hybridized carbons (Fsp3) is 0.956. The molecule has 460 valence electrons. The van der Waals surface area contributed by atoms with Gasteiger partial charge in [0.2, 0.25) is 5.91 Å². The summed E-state index contributed by atoms with van der Waals surface area (Å²) in [6.45, 7) is 4.79. The van der Waals surface area contributed by atoms with E-state index in [-0.39, 0.29) is 19.1 Å². The zero-order valence-corrected chi connectivity index (χ0v) is 53.6. The van der Waals surface area contributed by atoms with Crippen LogP contribution in [0.4, 0.5) is 0 Å². The number of likely N-dealkylation sites (N-methyl/N-ethyl adjacent to an activating group) is 1. The number of amides is 1. The number of carbonyl (C=O) groups is 1. The summed E-state index contributed by atoms with van der Waals surface area (Å²) in [4.78, 5) is 25.7. The van der Waals surface area contributed by atoms with E-state index in [0.29, 0.717) is 23.9 Å². The van der Waals surface area contributed by atoms with Crippen LogP contribution in [0.5, 0.6) is 0 Å². The van der Waals surface area contributed by atoms with Crippen molar-refractivity contribution in [2.75, 3.05) is 40.9 Å². The van der Waals surface area contributed by atoms with Crippen LogP contribution in [-0.2, 0) is 18.4 Å². The van der Waals surface area contributed by atoms with Crippen molar-refractivity contribution in [1.29, 1.82) is 0 Å². The number of quaternary nitrogens is 1. The third kappa shape index (κ3) is 62.7. The summed E-state index contributed by atoms with van der Waals surface area (Å²) < 4.78 is 23.5. The molecule has 8 nitrogen and oxygen atoms in total. The Hall–Kier alpha value is -0.760. The molecule has 0 rings (SSSR count). The molecule has 3 unspecified atom stereocenters. The molecule has 0 bridgehead atoms. The highest BCUT2D eigenvalue weighted by Crippen LogP contribution is 2.38. The number of hydrogen-bond acceptors (Lipinski definition) is 6. The summed E-state index contributed by atoms with van der Waals surface area (Å²) in [6, 6.07) is -0.798. The van der Waals surface area contributed by atoms with Crippen molar-refractivity contribution in [3.63, 3.8) is 0 Å². The summed E-state index contributed by atoms with van der Waals surface area (Å²) in [5.41, 5.74) is 0. The Morgan fingerprint density at radius 2 is 0.714 bits per heavy atom. The number of rotatable bonds is 65. The molecule has 1 amide bonds. The van der Waals surface area contributed by atoms with E-state index < -0.39 is 20.0 Å². The number of hydrogen-bond donors (Lipinski definition) is 2. The van der Waals surface area contributed by atoms with Gasteiger partial charge in [-0.05, 0) is 38.5 Å². The van der Waals surface area contributed by atoms with Gasteiger partial charge in [-0.2, -0.15) is 0 Å². The van der Waals surface area contributed by atoms with Crippen molar-refractivity contribution in [2.24, 2.45) is 0 Å². The number of unbranched alkanes of at least 4 members (excludes halogenated alkanes) is 50. The largest absolute Gasteiger partial charge is 0.756 e. The maximum atomic E-state index is 13.1. The summed E-state index contributed by atoms with van der Waals surface area (Å²) >= 11 is 0. The molecule has 9 heteroatoms. The quantitative estimate of drug-likeness (QED) is 0.0272. The summed E-state index contributed by atoms with van der Waals surface area (Å²) in [5.74, 6) is -0.155. The molecule has 0 spiro atoms. The van der Waals surface area contributed by atoms with E-state index in [1.165, 1.54) is 302 Å². The number of phosphoric ester groups is 1. The van der Waals surface area contributed by atoms with Crippen LogP contribution in [0.3, 0.4) is 0 Å². The number of carbonyl (C=O) groups excluding carboxylic acids is 1. The maximum absolute atomic E-state index is 13.1. The van der Waals surface area contributed by atoms with Gasteiger partial charge in [-0.3, -0.25) is 9.36 Å². The number of nitrogens with one attached hydrogen (secondary N) is 1. The number of aliphatic hydroxyl groups is 1. The van der Waals surface area contributed by atoms with Gasteiger partial charge < -0.3 is 28.8 Å². The molecule has 0 fully saturated rings. The molecule has 2 N–H and O–H groups in total. The second-order valence-electron chi connectivity index (χ2n) is 25.2. The first-order chi connectivity index (χ1) is 37.5. The number of allylic oxidation sites excluding steroid dienone is 2. The molecular formula is C68H137N2O6P. The van der Waals surface area contributed by atoms with Gasteiger partial charge in [0.15, 0.2) is 0 Å². The third-order valence-electron chi connectivity index (χ3n) is 16.3. The van der Waals surface area contributed by atoms with Gasteiger partial charge in [0, 0.05) is 6.42 Å². The minimum atomic E-state index is -4.58. The van der Waals surface area contributed by atoms with Crippen LogP contribution in [0, 0.1) is 0 Å². The number of aliphatic hydroxyl groups excluding tert-OH is 1. The zero-order valence-electron chi connectivity index (χ0n) is 52.7. The standard InChI is InChI=1S/C68H137N2O6P/c1-6-8-10-12-14-16-18-20-22-24-26-28-30-32-33-34-35-36-37-38-40-42-44-46-48-50-52-54-56-58-60-62-68(72)69-66(65-76-77(73,74)75-64-63-70(3,4)5)67(71)61-59-57-55-53-51-49-47-45-43-41-39-31-29-27-25-23-21-19-17-15-13-11-9-7-2/h24,26,66-67,71H,6-23,25,27-65H2,1-5H3,(H-,69,72,73,74)/b26-24-. The second kappa shape index (κ2) is 59.8. The van der Waals surface area contributed by atoms with Gasteiger partial charge in [0.05, 0.1) is 39.9 Å². The highest BCUT2D eigenvalue weighted by molar-refractivity contribution is 7.45. The summed E-state index contributed by atoms with van der Waals surface area (Å²) in [7, 11) is 1.33. The first-order valence-corrected chi connectivity index (χ1v) is 36.0. The molecule has 0 aliphatic rings. The topological polar surface area (TPSA) is 108 Å². The van der Waals surface area contributed by atoms with E-state index in [1.54, 1.807) is 0 Å². The van der Waals surface area contributed by atoms with Gasteiger partial charge in [0.1, 0.15) is 13.2 Å². The highest BCUT2D eigenvalue weighted by Gasteiger charge is 2.24. The lowest BCUT2D eigenvalue weighted by atomic mass is 10.0. The Morgan fingerprint density at radius 3 is 1.01 bits per heavy atom. The second-order valence-corrected chi connectivity index (χ2v) is 26.7. The first-order valence-electron chi connectivity index (χ1n) is 34.5. The van der Waals surface area contributed by atoms with Gasteiger partial charge in [0.25, 0.3) is 7.82 Å². The molecule has 0 aromatic heterocycles. The first kappa shape index (κ1) is 76.2. The van der Waals surface area contributed by atoms with E-state index in [2.05, 4.69) is 31.3 Å². The average molecular weight is 1110 g/mol. The lowest BCUT2D eigenvalue weighted by Crippen LogP contribution is -2.46. The molecule has 0 aromatic rings. The molecule has 77 heavy (non-hydrogen) atoms. The van der Waals surface area contributed by atoms with E-state index in [0.717, 1.165) is 38.5 Å². The van der Waals surface area contributed by atoms with E-state index in [1.807, 2.05) is 21.1 Å². The fourth-order valence-corrected chi connectivity index (χ4v) is 11.6. The van der Waals surface area contributed by atoms with Crippen LogP contribution < -0.4 is 10.2 Å². The molecule has 0 heterocycles. The number of phosphoric acid groups is 1. The van der Waals surface area contributed by atoms with Crippen LogP contribution >= 0.6 is 7.82 Å². The predicted octanol–water partition coefficient (Wildman–Crippen LogP) is 21.1. The van der Waals surface area contributed by atoms with Crippen LogP contribution in [-0.4, -0.2) is 68.5 Å². The normalized spacial score (nSPS) is 13.7. The van der Waals surface area contributed by atoms with Gasteiger partial charge >= 0.3 is 0 Å². The van der Waals surface area contributed by atoms with E-state index in [4.69, 9.17) is 9.05 Å². The van der Waals surface area contributed by atoms with Crippen LogP contribution in [0.1, 0.15) is 367 Å². The van der Waals surface area contributed by atoms with Gasteiger partial charge in [-0.15, -0.1) is 0 Å². The lowest BCUT2D eigenvalue weighted by molar-refractivity contribution is -0.870. The minimum absolute atomic E-state index is 0.0159. The Balaban J connectivity index is 3.99. The van der Waals surface area contributed by atoms with Gasteiger partial charge in [-0.1, -0.05) is 334 Å². The van der Waals surface area contributed by atoms with E-state index >= 15 is 0 Å². The molecule has 0 saturated carbocycles. The lowest BCUT2D eigenvalue weighted by Gasteiger charge is -2.30. The zero-order chi connectivity index (χ0) is 56.3. The molecular weight excluding hydrogens is 972 g/mol. The van der Waals surface area contributed by atoms with Gasteiger partial charge in [-0.25, -0.2) is 0 Å². The van der Waals surface area contributed by atoms with Crippen molar-refractivity contribution in [3.05, 3.63) is 12.2 Å². The third-order valence-corrected chi connectivity index (χ3v) is 17.2. The van der Waals surface area contributed by atoms with Crippen LogP contribution in [0.2, 0.25) is 0 Å². The predicted molar refractivity (Wildman–Crippen MR) is 335 cm³/mol. The molecule has 0 aromatic carbocycles. The van der Waals surface area contributed by atoms with Crippen molar-refractivity contribution in [1.82, 2.24) is 5.32 Å². The maximum Gasteiger partial charge on any atom is 0.268 e. The molecule has 0 aliphatic heterocycles.